The molecule has 0 bridgehead atoms. The van der Waals surface area contributed by atoms with Gasteiger partial charge >= 0.3 is 0 Å². The maximum Gasteiger partial charge on any atom is 0.266 e. The van der Waals surface area contributed by atoms with Crippen molar-refractivity contribution in [3.8, 4) is 11.5 Å². The van der Waals surface area contributed by atoms with Crippen molar-refractivity contribution in [3.05, 3.63) is 28.7 Å². The highest BCUT2D eigenvalue weighted by molar-refractivity contribution is 8.26. The van der Waals surface area contributed by atoms with Crippen molar-refractivity contribution in [2.45, 2.75) is 12.5 Å². The number of carbonyl (C=O) groups is 1. The Balaban J connectivity index is 1.86. The standard InChI is InChI=1S/C16H17NO5S3/c1-21-12-4-3-10(7-13(12)22-2)8-14-15(18)17(16(23)24-14)11-5-6-25(19,20)9-11/h3-4,7-8,11H,5-6,9H2,1-2H3/b14-8-. The lowest BCUT2D eigenvalue weighted by Crippen LogP contribution is -2.39. The fraction of sp³-hybridized carbons (Fsp3) is 0.375. The molecule has 2 saturated heterocycles. The lowest BCUT2D eigenvalue weighted by molar-refractivity contribution is -0.123. The number of rotatable bonds is 4. The molecule has 2 aliphatic heterocycles. The molecular weight excluding hydrogens is 382 g/mol. The number of nitrogens with zero attached hydrogens (tertiary/aromatic N) is 1. The van der Waals surface area contributed by atoms with E-state index >= 15 is 0 Å². The van der Waals surface area contributed by atoms with Crippen molar-refractivity contribution in [2.75, 3.05) is 25.7 Å². The van der Waals surface area contributed by atoms with E-state index in [1.54, 1.807) is 32.4 Å². The van der Waals surface area contributed by atoms with Crippen LogP contribution in [-0.4, -0.2) is 55.3 Å². The first-order valence-electron chi connectivity index (χ1n) is 7.54. The van der Waals surface area contributed by atoms with E-state index in [1.807, 2.05) is 6.07 Å². The summed E-state index contributed by atoms with van der Waals surface area (Å²) in [5.41, 5.74) is 0.775. The first-order valence-corrected chi connectivity index (χ1v) is 10.6. The summed E-state index contributed by atoms with van der Waals surface area (Å²) >= 11 is 6.49. The van der Waals surface area contributed by atoms with Crippen molar-refractivity contribution < 1.29 is 22.7 Å². The third-order valence-electron chi connectivity index (χ3n) is 4.10. The Morgan fingerprint density at radius 2 is 2.00 bits per heavy atom. The molecule has 1 unspecified atom stereocenters. The van der Waals surface area contributed by atoms with E-state index in [0.29, 0.717) is 27.1 Å². The van der Waals surface area contributed by atoms with Crippen LogP contribution < -0.4 is 9.47 Å². The predicted molar refractivity (Wildman–Crippen MR) is 102 cm³/mol. The summed E-state index contributed by atoms with van der Waals surface area (Å²) in [4.78, 5) is 14.6. The number of methoxy groups -OCH3 is 2. The number of carbonyl (C=O) groups excluding carboxylic acids is 1. The van der Waals surface area contributed by atoms with E-state index in [2.05, 4.69) is 0 Å². The number of amides is 1. The molecule has 6 nitrogen and oxygen atoms in total. The second-order valence-corrected chi connectivity index (χ2v) is 9.63. The van der Waals surface area contributed by atoms with Gasteiger partial charge in [0.05, 0.1) is 36.7 Å². The first-order chi connectivity index (χ1) is 11.8. The van der Waals surface area contributed by atoms with Crippen molar-refractivity contribution in [1.82, 2.24) is 4.90 Å². The van der Waals surface area contributed by atoms with Gasteiger partial charge in [-0.1, -0.05) is 30.0 Å². The van der Waals surface area contributed by atoms with Gasteiger partial charge in [0, 0.05) is 0 Å². The molecule has 134 valence electrons. The number of benzene rings is 1. The average Bonchev–Trinajstić information content (AvgIpc) is 3.06. The smallest absolute Gasteiger partial charge is 0.266 e. The van der Waals surface area contributed by atoms with Crippen LogP contribution in [0.5, 0.6) is 11.5 Å². The number of ether oxygens (including phenoxy) is 2. The molecule has 0 aliphatic carbocycles. The molecule has 0 saturated carbocycles. The summed E-state index contributed by atoms with van der Waals surface area (Å²) in [5.74, 6) is 0.996. The third-order valence-corrected chi connectivity index (χ3v) is 7.18. The van der Waals surface area contributed by atoms with E-state index < -0.39 is 9.84 Å². The minimum atomic E-state index is -3.09. The summed E-state index contributed by atoms with van der Waals surface area (Å²) in [5, 5.41) is 0. The SMILES string of the molecule is COc1ccc(/C=C2\SC(=S)N(C3CCS(=O)(=O)C3)C2=O)cc1OC. The quantitative estimate of drug-likeness (QED) is 0.567. The largest absolute Gasteiger partial charge is 0.493 e. The van der Waals surface area contributed by atoms with Crippen molar-refractivity contribution in [1.29, 1.82) is 0 Å². The zero-order valence-corrected chi connectivity index (χ0v) is 16.2. The van der Waals surface area contributed by atoms with Crippen LogP contribution in [0.1, 0.15) is 12.0 Å². The van der Waals surface area contributed by atoms with E-state index in [-0.39, 0.29) is 23.5 Å². The predicted octanol–water partition coefficient (Wildman–Crippen LogP) is 2.09. The summed E-state index contributed by atoms with van der Waals surface area (Å²) in [6, 6.07) is 4.97. The Kier molecular flexibility index (Phi) is 5.08. The fourth-order valence-corrected chi connectivity index (χ4v) is 5.97. The van der Waals surface area contributed by atoms with Gasteiger partial charge in [-0.2, -0.15) is 0 Å². The van der Waals surface area contributed by atoms with Gasteiger partial charge in [-0.15, -0.1) is 0 Å². The maximum absolute atomic E-state index is 12.7. The lowest BCUT2D eigenvalue weighted by atomic mass is 10.1. The second-order valence-electron chi connectivity index (χ2n) is 5.72. The molecule has 1 aromatic rings. The Morgan fingerprint density at radius 1 is 1.28 bits per heavy atom. The molecule has 2 fully saturated rings. The Bertz CT molecular complexity index is 863. The van der Waals surface area contributed by atoms with Gasteiger partial charge in [-0.3, -0.25) is 9.69 Å². The van der Waals surface area contributed by atoms with Gasteiger partial charge in [0.2, 0.25) is 0 Å². The van der Waals surface area contributed by atoms with Crippen LogP contribution in [0.25, 0.3) is 6.08 Å². The molecule has 0 N–H and O–H groups in total. The molecule has 25 heavy (non-hydrogen) atoms. The van der Waals surface area contributed by atoms with Gasteiger partial charge < -0.3 is 9.47 Å². The monoisotopic (exact) mass is 399 g/mol. The molecule has 9 heteroatoms. The molecule has 3 rings (SSSR count). The summed E-state index contributed by atoms with van der Waals surface area (Å²) in [6.07, 6.45) is 2.16. The van der Waals surface area contributed by atoms with Gasteiger partial charge in [-0.25, -0.2) is 8.42 Å². The summed E-state index contributed by atoms with van der Waals surface area (Å²) < 4.78 is 34.2. The molecular formula is C16H17NO5S3. The fourth-order valence-electron chi connectivity index (χ4n) is 2.87. The van der Waals surface area contributed by atoms with E-state index in [1.165, 1.54) is 16.7 Å². The Morgan fingerprint density at radius 3 is 2.60 bits per heavy atom. The van der Waals surface area contributed by atoms with Gasteiger partial charge in [-0.05, 0) is 30.2 Å². The minimum absolute atomic E-state index is 0.0247. The third kappa shape index (κ3) is 3.68. The van der Waals surface area contributed by atoms with E-state index in [4.69, 9.17) is 21.7 Å². The van der Waals surface area contributed by atoms with Crippen LogP contribution in [0.3, 0.4) is 0 Å². The highest BCUT2D eigenvalue weighted by Gasteiger charge is 2.42. The topological polar surface area (TPSA) is 72.9 Å². The number of hydrogen-bond acceptors (Lipinski definition) is 7. The van der Waals surface area contributed by atoms with E-state index in [0.717, 1.165) is 5.56 Å². The zero-order chi connectivity index (χ0) is 18.2. The first kappa shape index (κ1) is 18.2. The van der Waals surface area contributed by atoms with Crippen molar-refractivity contribution in [3.63, 3.8) is 0 Å². The van der Waals surface area contributed by atoms with Crippen LogP contribution >= 0.6 is 24.0 Å². The van der Waals surface area contributed by atoms with Crippen molar-refractivity contribution >= 4 is 50.1 Å². The highest BCUT2D eigenvalue weighted by Crippen LogP contribution is 2.37. The zero-order valence-electron chi connectivity index (χ0n) is 13.7. The van der Waals surface area contributed by atoms with Crippen LogP contribution in [0, 0.1) is 0 Å². The molecule has 0 spiro atoms. The molecule has 2 heterocycles. The molecule has 2 aliphatic rings. The highest BCUT2D eigenvalue weighted by atomic mass is 32.2. The number of thioether (sulfide) groups is 1. The number of sulfone groups is 1. The molecule has 1 atom stereocenters. The molecule has 0 aromatic heterocycles. The number of thiocarbonyl (C=S) groups is 1. The molecule has 0 radical (unpaired) electrons. The van der Waals surface area contributed by atoms with Crippen LogP contribution in [0.2, 0.25) is 0 Å². The Hall–Kier alpha value is -1.58. The summed E-state index contributed by atoms with van der Waals surface area (Å²) in [7, 11) is 0.0117. The van der Waals surface area contributed by atoms with Gasteiger partial charge in [0.15, 0.2) is 21.3 Å². The average molecular weight is 400 g/mol. The second kappa shape index (κ2) is 6.97. The van der Waals surface area contributed by atoms with Crippen LogP contribution in [-0.2, 0) is 14.6 Å². The van der Waals surface area contributed by atoms with Gasteiger partial charge in [0.25, 0.3) is 5.91 Å². The lowest BCUT2D eigenvalue weighted by Gasteiger charge is -2.20. The van der Waals surface area contributed by atoms with E-state index in [9.17, 15) is 13.2 Å². The molecule has 1 amide bonds. The van der Waals surface area contributed by atoms with Crippen LogP contribution in [0.15, 0.2) is 23.1 Å². The maximum atomic E-state index is 12.7. The van der Waals surface area contributed by atoms with Gasteiger partial charge in [0.1, 0.15) is 4.32 Å². The normalized spacial score (nSPS) is 24.2. The molecule has 1 aromatic carbocycles. The van der Waals surface area contributed by atoms with Crippen molar-refractivity contribution in [2.24, 2.45) is 0 Å². The number of hydrogen-bond donors (Lipinski definition) is 0. The summed E-state index contributed by atoms with van der Waals surface area (Å²) in [6.45, 7) is 0. The Labute approximate surface area is 156 Å². The minimum Gasteiger partial charge on any atom is -0.493 e. The van der Waals surface area contributed by atoms with Crippen LogP contribution in [0.4, 0.5) is 0 Å².